The van der Waals surface area contributed by atoms with Crippen LogP contribution in [-0.2, 0) is 10.0 Å². The van der Waals surface area contributed by atoms with E-state index in [9.17, 15) is 8.42 Å². The van der Waals surface area contributed by atoms with Crippen molar-refractivity contribution in [2.75, 3.05) is 38.2 Å². The maximum atomic E-state index is 13.0. The van der Waals surface area contributed by atoms with Gasteiger partial charge in [0.25, 0.3) is 15.9 Å². The predicted molar refractivity (Wildman–Crippen MR) is 106 cm³/mol. The van der Waals surface area contributed by atoms with Gasteiger partial charge in [-0.1, -0.05) is 12.1 Å². The van der Waals surface area contributed by atoms with E-state index >= 15 is 0 Å². The Morgan fingerprint density at radius 3 is 2.50 bits per heavy atom. The molecule has 3 heterocycles. The van der Waals surface area contributed by atoms with Crippen LogP contribution in [0.25, 0.3) is 10.8 Å². The number of aryl methyl sites for hydroxylation is 1. The summed E-state index contributed by atoms with van der Waals surface area (Å²) in [6.45, 7) is 3.71. The number of sulfonamides is 1. The van der Waals surface area contributed by atoms with E-state index in [1.807, 2.05) is 24.3 Å². The number of para-hydroxylation sites is 2. The minimum Gasteiger partial charge on any atom is -0.495 e. The van der Waals surface area contributed by atoms with Crippen molar-refractivity contribution in [3.8, 4) is 16.5 Å². The number of nitrogens with zero attached hydrogens (tertiary/aromatic N) is 4. The second-order valence-electron chi connectivity index (χ2n) is 6.31. The predicted octanol–water partition coefficient (Wildman–Crippen LogP) is 2.63. The molecule has 1 aromatic carbocycles. The average molecular weight is 421 g/mol. The molecule has 0 N–H and O–H groups in total. The maximum Gasteiger partial charge on any atom is 0.257 e. The summed E-state index contributed by atoms with van der Waals surface area (Å²) in [5.74, 6) is 1.57. The Kier molecular flexibility index (Phi) is 5.09. The summed E-state index contributed by atoms with van der Waals surface area (Å²) in [4.78, 5) is 2.79. The van der Waals surface area contributed by atoms with Crippen molar-refractivity contribution < 1.29 is 17.6 Å². The van der Waals surface area contributed by atoms with E-state index in [4.69, 9.17) is 9.15 Å². The molecule has 0 aliphatic carbocycles. The summed E-state index contributed by atoms with van der Waals surface area (Å²) in [6, 6.07) is 11.1. The number of thiophene rings is 1. The number of hydrogen-bond acceptors (Lipinski definition) is 8. The van der Waals surface area contributed by atoms with Crippen LogP contribution in [0.4, 0.5) is 5.69 Å². The van der Waals surface area contributed by atoms with Gasteiger partial charge in [0.05, 0.1) is 17.7 Å². The van der Waals surface area contributed by atoms with E-state index in [-0.39, 0.29) is 4.21 Å². The average Bonchev–Trinajstić information content (AvgIpc) is 3.37. The van der Waals surface area contributed by atoms with Crippen LogP contribution >= 0.6 is 11.3 Å². The van der Waals surface area contributed by atoms with Crippen LogP contribution in [0.2, 0.25) is 0 Å². The molecular weight excluding hydrogens is 400 g/mol. The smallest absolute Gasteiger partial charge is 0.257 e. The van der Waals surface area contributed by atoms with E-state index < -0.39 is 10.0 Å². The minimum atomic E-state index is -3.56. The summed E-state index contributed by atoms with van der Waals surface area (Å²) < 4.78 is 38.7. The Hall–Kier alpha value is -2.43. The van der Waals surface area contributed by atoms with Gasteiger partial charge in [0.2, 0.25) is 5.89 Å². The van der Waals surface area contributed by atoms with Gasteiger partial charge in [0.1, 0.15) is 9.96 Å². The molecule has 0 radical (unpaired) electrons. The zero-order valence-electron chi connectivity index (χ0n) is 15.5. The van der Waals surface area contributed by atoms with Gasteiger partial charge < -0.3 is 14.1 Å². The Bertz CT molecular complexity index is 1070. The van der Waals surface area contributed by atoms with E-state index in [0.717, 1.165) is 22.8 Å². The molecule has 4 rings (SSSR count). The summed E-state index contributed by atoms with van der Waals surface area (Å²) in [6.07, 6.45) is 0. The number of piperazine rings is 1. The van der Waals surface area contributed by atoms with Gasteiger partial charge in [-0.25, -0.2) is 8.42 Å². The highest BCUT2D eigenvalue weighted by atomic mass is 32.2. The fourth-order valence-corrected chi connectivity index (χ4v) is 5.96. The molecule has 2 aromatic heterocycles. The molecule has 0 atom stereocenters. The normalized spacial score (nSPS) is 15.7. The zero-order valence-corrected chi connectivity index (χ0v) is 17.2. The van der Waals surface area contributed by atoms with Crippen LogP contribution in [0.1, 0.15) is 5.89 Å². The molecule has 1 aliphatic heterocycles. The molecule has 3 aromatic rings. The molecule has 148 valence electrons. The number of aromatic nitrogens is 2. The van der Waals surface area contributed by atoms with Crippen LogP contribution in [0, 0.1) is 6.92 Å². The number of ether oxygens (including phenoxy) is 1. The number of anilines is 1. The fourth-order valence-electron chi connectivity index (χ4n) is 3.16. The molecule has 1 aliphatic rings. The summed E-state index contributed by atoms with van der Waals surface area (Å²) >= 11 is 1.14. The summed E-state index contributed by atoms with van der Waals surface area (Å²) in [5.41, 5.74) is 0.979. The Morgan fingerprint density at radius 2 is 1.82 bits per heavy atom. The summed E-state index contributed by atoms with van der Waals surface area (Å²) in [5, 5.41) is 7.74. The van der Waals surface area contributed by atoms with Crippen LogP contribution < -0.4 is 9.64 Å². The Labute approximate surface area is 167 Å². The Morgan fingerprint density at radius 1 is 1.07 bits per heavy atom. The van der Waals surface area contributed by atoms with Crippen molar-refractivity contribution >= 4 is 27.0 Å². The quantitative estimate of drug-likeness (QED) is 0.627. The summed E-state index contributed by atoms with van der Waals surface area (Å²) in [7, 11) is -1.92. The van der Waals surface area contributed by atoms with Crippen LogP contribution in [0.5, 0.6) is 5.75 Å². The van der Waals surface area contributed by atoms with E-state index in [2.05, 4.69) is 15.1 Å². The fraction of sp³-hybridized carbons (Fsp3) is 0.333. The lowest BCUT2D eigenvalue weighted by Gasteiger charge is -2.35. The maximum absolute atomic E-state index is 13.0. The Balaban J connectivity index is 1.49. The standard InChI is InChI=1S/C18H20N4O4S2/c1-13-19-20-18(26-13)16-7-8-17(27-16)28(23,24)22-11-9-21(10-12-22)14-5-3-4-6-15(14)25-2/h3-8H,9-12H2,1-2H3. The van der Waals surface area contributed by atoms with Gasteiger partial charge in [-0.3, -0.25) is 0 Å². The first kappa shape index (κ1) is 18.9. The van der Waals surface area contributed by atoms with Gasteiger partial charge in [-0.05, 0) is 24.3 Å². The van der Waals surface area contributed by atoms with E-state index in [0.29, 0.717) is 42.8 Å². The molecule has 0 bridgehead atoms. The molecule has 8 nitrogen and oxygen atoms in total. The molecule has 0 saturated carbocycles. The first-order chi connectivity index (χ1) is 13.5. The zero-order chi connectivity index (χ0) is 19.7. The molecule has 28 heavy (non-hydrogen) atoms. The van der Waals surface area contributed by atoms with Gasteiger partial charge in [-0.15, -0.1) is 21.5 Å². The molecule has 1 saturated heterocycles. The van der Waals surface area contributed by atoms with Crippen LogP contribution in [-0.4, -0.2) is 56.2 Å². The lowest BCUT2D eigenvalue weighted by atomic mass is 10.2. The lowest BCUT2D eigenvalue weighted by molar-refractivity contribution is 0.379. The molecular formula is C18H20N4O4S2. The van der Waals surface area contributed by atoms with Crippen molar-refractivity contribution in [1.82, 2.24) is 14.5 Å². The second kappa shape index (κ2) is 7.53. The SMILES string of the molecule is COc1ccccc1N1CCN(S(=O)(=O)c2ccc(-c3nnc(C)o3)s2)CC1. The largest absolute Gasteiger partial charge is 0.495 e. The molecule has 10 heteroatoms. The van der Waals surface area contributed by atoms with E-state index in [1.54, 1.807) is 26.2 Å². The van der Waals surface area contributed by atoms with Crippen molar-refractivity contribution in [3.05, 3.63) is 42.3 Å². The highest BCUT2D eigenvalue weighted by Crippen LogP contribution is 2.33. The van der Waals surface area contributed by atoms with Gasteiger partial charge in [0, 0.05) is 33.1 Å². The molecule has 1 fully saturated rings. The van der Waals surface area contributed by atoms with Gasteiger partial charge in [-0.2, -0.15) is 4.31 Å². The highest BCUT2D eigenvalue weighted by Gasteiger charge is 2.31. The molecule has 0 spiro atoms. The molecule has 0 amide bonds. The van der Waals surface area contributed by atoms with Crippen molar-refractivity contribution in [3.63, 3.8) is 0 Å². The number of rotatable bonds is 5. The number of benzene rings is 1. The van der Waals surface area contributed by atoms with Crippen LogP contribution in [0.3, 0.4) is 0 Å². The minimum absolute atomic E-state index is 0.282. The monoisotopic (exact) mass is 420 g/mol. The third kappa shape index (κ3) is 3.50. The number of hydrogen-bond donors (Lipinski definition) is 0. The lowest BCUT2D eigenvalue weighted by Crippen LogP contribution is -2.48. The topological polar surface area (TPSA) is 88.8 Å². The van der Waals surface area contributed by atoms with Gasteiger partial charge in [0.15, 0.2) is 0 Å². The molecule has 0 unspecified atom stereocenters. The first-order valence-corrected chi connectivity index (χ1v) is 11.0. The third-order valence-corrected chi connectivity index (χ3v) is 8.02. The second-order valence-corrected chi connectivity index (χ2v) is 9.56. The van der Waals surface area contributed by atoms with Gasteiger partial charge >= 0.3 is 0 Å². The van der Waals surface area contributed by atoms with E-state index in [1.165, 1.54) is 4.31 Å². The first-order valence-electron chi connectivity index (χ1n) is 8.77. The third-order valence-electron chi connectivity index (χ3n) is 4.58. The van der Waals surface area contributed by atoms with Crippen molar-refractivity contribution in [2.45, 2.75) is 11.1 Å². The van der Waals surface area contributed by atoms with Crippen molar-refractivity contribution in [1.29, 1.82) is 0 Å². The van der Waals surface area contributed by atoms with Crippen LogP contribution in [0.15, 0.2) is 45.0 Å². The number of methoxy groups -OCH3 is 1. The highest BCUT2D eigenvalue weighted by molar-refractivity contribution is 7.91. The van der Waals surface area contributed by atoms with Crippen molar-refractivity contribution in [2.24, 2.45) is 0 Å².